The number of fused-ring (bicyclic) bond motifs is 2. The molecule has 1 aromatic heterocycles. The van der Waals surface area contributed by atoms with Crippen LogP contribution < -0.4 is 15.1 Å². The van der Waals surface area contributed by atoms with Crippen molar-refractivity contribution in [2.45, 2.75) is 37.1 Å². The molecule has 5 atom stereocenters. The lowest BCUT2D eigenvalue weighted by molar-refractivity contribution is -0.277. The van der Waals surface area contributed by atoms with Gasteiger partial charge in [0.1, 0.15) is 24.4 Å². The van der Waals surface area contributed by atoms with E-state index in [2.05, 4.69) is 0 Å². The molecule has 26 heavy (non-hydrogen) atoms. The number of aliphatic hydroxyl groups excluding tert-OH is 4. The summed E-state index contributed by atoms with van der Waals surface area (Å²) < 4.78 is 21.9. The molecule has 9 heteroatoms. The van der Waals surface area contributed by atoms with Crippen molar-refractivity contribution in [1.82, 2.24) is 0 Å². The Morgan fingerprint density at radius 2 is 1.96 bits per heavy atom. The van der Waals surface area contributed by atoms with Crippen LogP contribution in [0, 0.1) is 0 Å². The van der Waals surface area contributed by atoms with Crippen molar-refractivity contribution in [3.05, 3.63) is 34.2 Å². The first-order valence-electron chi connectivity index (χ1n) is 8.19. The van der Waals surface area contributed by atoms with E-state index < -0.39 is 42.9 Å². The van der Waals surface area contributed by atoms with Crippen LogP contribution in [0.5, 0.6) is 11.5 Å². The molecule has 0 radical (unpaired) electrons. The van der Waals surface area contributed by atoms with Gasteiger partial charge in [0.15, 0.2) is 11.3 Å². The third-order valence-corrected chi connectivity index (χ3v) is 4.60. The van der Waals surface area contributed by atoms with E-state index in [-0.39, 0.29) is 11.3 Å². The summed E-state index contributed by atoms with van der Waals surface area (Å²) in [5.41, 5.74) is 0.371. The van der Waals surface area contributed by atoms with Crippen molar-refractivity contribution < 1.29 is 39.1 Å². The number of aliphatic hydroxyl groups is 4. The quantitative estimate of drug-likeness (QED) is 0.499. The lowest BCUT2D eigenvalue weighted by atomic mass is 9.99. The van der Waals surface area contributed by atoms with Crippen LogP contribution in [-0.2, 0) is 11.2 Å². The topological polar surface area (TPSA) is 139 Å². The van der Waals surface area contributed by atoms with Crippen LogP contribution in [0.4, 0.5) is 0 Å². The molecule has 2 aromatic rings. The second-order valence-corrected chi connectivity index (χ2v) is 6.28. The molecule has 3 heterocycles. The molecule has 0 amide bonds. The van der Waals surface area contributed by atoms with Crippen molar-refractivity contribution in [1.29, 1.82) is 0 Å². The van der Waals surface area contributed by atoms with Crippen molar-refractivity contribution in [2.24, 2.45) is 0 Å². The fourth-order valence-corrected chi connectivity index (χ4v) is 3.22. The Labute approximate surface area is 147 Å². The largest absolute Gasteiger partial charge is 0.489 e. The summed E-state index contributed by atoms with van der Waals surface area (Å²) in [7, 11) is 0. The molecule has 0 spiro atoms. The first-order valence-corrected chi connectivity index (χ1v) is 8.19. The summed E-state index contributed by atoms with van der Waals surface area (Å²) >= 11 is 0. The number of hydrogen-bond donors (Lipinski definition) is 4. The molecule has 4 rings (SSSR count). The van der Waals surface area contributed by atoms with Gasteiger partial charge >= 0.3 is 5.63 Å². The summed E-state index contributed by atoms with van der Waals surface area (Å²) in [4.78, 5) is 11.6. The number of hydrogen-bond acceptors (Lipinski definition) is 9. The van der Waals surface area contributed by atoms with Gasteiger partial charge in [-0.3, -0.25) is 0 Å². The maximum Gasteiger partial charge on any atom is 0.336 e. The summed E-state index contributed by atoms with van der Waals surface area (Å²) in [6.07, 6.45) is -6.56. The smallest absolute Gasteiger partial charge is 0.336 e. The average molecular weight is 366 g/mol. The van der Waals surface area contributed by atoms with Gasteiger partial charge in [-0.15, -0.1) is 0 Å². The van der Waals surface area contributed by atoms with Gasteiger partial charge in [-0.25, -0.2) is 4.79 Å². The van der Waals surface area contributed by atoms with Crippen LogP contribution in [-0.4, -0.2) is 64.3 Å². The van der Waals surface area contributed by atoms with Crippen LogP contribution in [0.15, 0.2) is 27.4 Å². The van der Waals surface area contributed by atoms with E-state index in [9.17, 15) is 25.2 Å². The van der Waals surface area contributed by atoms with Gasteiger partial charge in [0.05, 0.1) is 13.2 Å². The van der Waals surface area contributed by atoms with E-state index in [4.69, 9.17) is 18.6 Å². The number of benzene rings is 1. The zero-order valence-electron chi connectivity index (χ0n) is 13.6. The summed E-state index contributed by atoms with van der Waals surface area (Å²) in [5.74, 6) is 0.431. The summed E-state index contributed by atoms with van der Waals surface area (Å²) in [6.45, 7) is -0.162. The van der Waals surface area contributed by atoms with E-state index in [1.165, 1.54) is 6.07 Å². The Balaban J connectivity index is 1.77. The van der Waals surface area contributed by atoms with Gasteiger partial charge in [-0.05, 0) is 12.1 Å². The maximum atomic E-state index is 11.6. The molecule has 9 nitrogen and oxygen atoms in total. The molecule has 2 aliphatic heterocycles. The van der Waals surface area contributed by atoms with Gasteiger partial charge in [0.25, 0.3) is 0 Å². The van der Waals surface area contributed by atoms with E-state index in [0.29, 0.717) is 24.2 Å². The Bertz CT molecular complexity index is 874. The normalized spacial score (nSPS) is 30.8. The zero-order valence-corrected chi connectivity index (χ0v) is 13.6. The Morgan fingerprint density at radius 3 is 2.73 bits per heavy atom. The maximum absolute atomic E-state index is 11.6. The molecule has 1 aromatic carbocycles. The van der Waals surface area contributed by atoms with E-state index in [1.807, 2.05) is 6.07 Å². The van der Waals surface area contributed by atoms with E-state index in [1.54, 1.807) is 6.07 Å². The molecule has 140 valence electrons. The lowest BCUT2D eigenvalue weighted by Gasteiger charge is -2.39. The molecule has 0 saturated carbocycles. The third kappa shape index (κ3) is 2.74. The molecule has 0 bridgehead atoms. The SMILES string of the molecule is O=c1ccc2cc3c(c(O[C@H]4O[C@H](CO)[C@H](O)[C@@H](O)[C@H]4O)c2o1)OCC3. The minimum atomic E-state index is -1.59. The average Bonchev–Trinajstić information content (AvgIpc) is 3.10. The first kappa shape index (κ1) is 17.3. The molecule has 2 aliphatic rings. The predicted octanol–water partition coefficient (Wildman–Crippen LogP) is -1.09. The Kier molecular flexibility index (Phi) is 4.33. The molecule has 0 aliphatic carbocycles. The van der Waals surface area contributed by atoms with E-state index >= 15 is 0 Å². The van der Waals surface area contributed by atoms with Crippen molar-refractivity contribution in [3.8, 4) is 11.5 Å². The lowest BCUT2D eigenvalue weighted by Crippen LogP contribution is -2.60. The highest BCUT2D eigenvalue weighted by molar-refractivity contribution is 5.87. The van der Waals surface area contributed by atoms with Gasteiger partial charge in [0, 0.05) is 23.4 Å². The molecular formula is C17H18O9. The monoisotopic (exact) mass is 366 g/mol. The minimum absolute atomic E-state index is 0.0667. The summed E-state index contributed by atoms with van der Waals surface area (Å²) in [6, 6.07) is 4.68. The summed E-state index contributed by atoms with van der Waals surface area (Å²) in [5, 5.41) is 39.9. The third-order valence-electron chi connectivity index (χ3n) is 4.60. The minimum Gasteiger partial charge on any atom is -0.489 e. The molecule has 0 unspecified atom stereocenters. The zero-order chi connectivity index (χ0) is 18.4. The number of ether oxygens (including phenoxy) is 3. The predicted molar refractivity (Wildman–Crippen MR) is 86.1 cm³/mol. The van der Waals surface area contributed by atoms with Crippen LogP contribution in [0.2, 0.25) is 0 Å². The second-order valence-electron chi connectivity index (χ2n) is 6.28. The fraction of sp³-hybridized carbons (Fsp3) is 0.471. The van der Waals surface area contributed by atoms with Crippen molar-refractivity contribution >= 4 is 11.0 Å². The highest BCUT2D eigenvalue weighted by Gasteiger charge is 2.45. The fourth-order valence-electron chi connectivity index (χ4n) is 3.22. The van der Waals surface area contributed by atoms with Gasteiger partial charge < -0.3 is 39.1 Å². The Hall–Kier alpha value is -2.17. The molecule has 4 N–H and O–H groups in total. The standard InChI is InChI=1S/C17H18O9/c18-6-9-11(20)12(21)13(22)17(24-9)26-16-14-8(3-4-23-14)5-7-1-2-10(19)25-15(7)16/h1-2,5,9,11-13,17-18,20-22H,3-4,6H2/t9-,11+,12-,13-,17-/m1/s1. The van der Waals surface area contributed by atoms with Crippen LogP contribution in [0.25, 0.3) is 11.0 Å². The highest BCUT2D eigenvalue weighted by atomic mass is 16.7. The molecule has 1 fully saturated rings. The molecular weight excluding hydrogens is 348 g/mol. The van der Waals surface area contributed by atoms with Crippen LogP contribution in [0.3, 0.4) is 0 Å². The Morgan fingerprint density at radius 1 is 1.15 bits per heavy atom. The first-order chi connectivity index (χ1) is 12.5. The van der Waals surface area contributed by atoms with Crippen LogP contribution in [0.1, 0.15) is 5.56 Å². The van der Waals surface area contributed by atoms with Crippen molar-refractivity contribution in [2.75, 3.05) is 13.2 Å². The van der Waals surface area contributed by atoms with Crippen LogP contribution >= 0.6 is 0 Å². The van der Waals surface area contributed by atoms with Crippen molar-refractivity contribution in [3.63, 3.8) is 0 Å². The van der Waals surface area contributed by atoms with E-state index in [0.717, 1.165) is 5.56 Å². The van der Waals surface area contributed by atoms with Gasteiger partial charge in [-0.2, -0.15) is 0 Å². The molecule has 1 saturated heterocycles. The van der Waals surface area contributed by atoms with Gasteiger partial charge in [-0.1, -0.05) is 0 Å². The van der Waals surface area contributed by atoms with Gasteiger partial charge in [0.2, 0.25) is 12.0 Å². The highest BCUT2D eigenvalue weighted by Crippen LogP contribution is 2.43. The number of rotatable bonds is 3. The second kappa shape index (κ2) is 6.53.